The van der Waals surface area contributed by atoms with Gasteiger partial charge >= 0.3 is 0 Å². The Kier molecular flexibility index (Phi) is 6.36. The van der Waals surface area contributed by atoms with E-state index in [1.807, 2.05) is 66.1 Å². The highest BCUT2D eigenvalue weighted by atomic mass is 16.5. The van der Waals surface area contributed by atoms with Crippen molar-refractivity contribution in [2.24, 2.45) is 0 Å². The molecule has 3 aliphatic heterocycles. The van der Waals surface area contributed by atoms with Crippen LogP contribution in [0.25, 0.3) is 0 Å². The summed E-state index contributed by atoms with van der Waals surface area (Å²) in [6.07, 6.45) is 2.94. The Morgan fingerprint density at radius 2 is 1.37 bits per heavy atom. The summed E-state index contributed by atoms with van der Waals surface area (Å²) in [7, 11) is 0. The van der Waals surface area contributed by atoms with E-state index in [9.17, 15) is 14.4 Å². The molecule has 3 fully saturated rings. The minimum atomic E-state index is -0.885. The summed E-state index contributed by atoms with van der Waals surface area (Å²) in [5, 5.41) is 0. The van der Waals surface area contributed by atoms with E-state index in [0.717, 1.165) is 37.1 Å². The lowest BCUT2D eigenvalue weighted by molar-refractivity contribution is -0.136. The maximum Gasteiger partial charge on any atom is 0.256 e. The molecule has 184 valence electrons. The molecule has 0 bridgehead atoms. The monoisotopic (exact) mass is 475 g/mol. The molecule has 0 unspecified atom stereocenters. The quantitative estimate of drug-likeness (QED) is 0.682. The first-order valence-corrected chi connectivity index (χ1v) is 12.6. The van der Waals surface area contributed by atoms with Gasteiger partial charge in [0.1, 0.15) is 11.8 Å². The van der Waals surface area contributed by atoms with E-state index in [2.05, 4.69) is 0 Å². The number of piperidine rings is 1. The van der Waals surface area contributed by atoms with Gasteiger partial charge < -0.3 is 14.5 Å². The van der Waals surface area contributed by atoms with Crippen LogP contribution in [0.5, 0.6) is 0 Å². The van der Waals surface area contributed by atoms with Crippen molar-refractivity contribution in [1.29, 1.82) is 0 Å². The van der Waals surface area contributed by atoms with Crippen LogP contribution in [0, 0.1) is 13.8 Å². The van der Waals surface area contributed by atoms with Crippen molar-refractivity contribution in [2.45, 2.75) is 51.3 Å². The first kappa shape index (κ1) is 23.5. The number of carbonyl (C=O) groups excluding carboxylic acids is 3. The van der Waals surface area contributed by atoms with Gasteiger partial charge in [-0.15, -0.1) is 0 Å². The van der Waals surface area contributed by atoms with E-state index in [-0.39, 0.29) is 24.3 Å². The summed E-state index contributed by atoms with van der Waals surface area (Å²) in [5.41, 5.74) is 2.38. The average molecular weight is 476 g/mol. The number of carbonyl (C=O) groups is 3. The Morgan fingerprint density at radius 1 is 0.800 bits per heavy atom. The predicted octanol–water partition coefficient (Wildman–Crippen LogP) is 3.40. The zero-order valence-electron chi connectivity index (χ0n) is 20.5. The number of benzene rings is 2. The number of rotatable bonds is 3. The molecule has 7 nitrogen and oxygen atoms in total. The molecule has 3 saturated heterocycles. The Balaban J connectivity index is 1.40. The van der Waals surface area contributed by atoms with Gasteiger partial charge in [-0.05, 0) is 51.0 Å². The Hall–Kier alpha value is -3.19. The number of aryl methyl sites for hydroxylation is 2. The number of likely N-dealkylation sites (tertiary alicyclic amines) is 2. The van der Waals surface area contributed by atoms with Gasteiger partial charge in [0.05, 0.1) is 6.61 Å². The van der Waals surface area contributed by atoms with Crippen LogP contribution in [-0.2, 0) is 9.53 Å². The van der Waals surface area contributed by atoms with E-state index < -0.39 is 11.8 Å². The summed E-state index contributed by atoms with van der Waals surface area (Å²) < 4.78 is 6.33. The van der Waals surface area contributed by atoms with Crippen LogP contribution in [0.1, 0.15) is 57.5 Å². The fourth-order valence-electron chi connectivity index (χ4n) is 5.64. The lowest BCUT2D eigenvalue weighted by atomic mass is 9.95. The summed E-state index contributed by atoms with van der Waals surface area (Å²) >= 11 is 0. The zero-order chi connectivity index (χ0) is 24.6. The van der Waals surface area contributed by atoms with Gasteiger partial charge in [0.15, 0.2) is 0 Å². The summed E-state index contributed by atoms with van der Waals surface area (Å²) in [6.45, 7) is 6.51. The van der Waals surface area contributed by atoms with E-state index in [1.54, 1.807) is 11.0 Å². The molecule has 0 aromatic heterocycles. The molecule has 2 aromatic rings. The highest BCUT2D eigenvalue weighted by molar-refractivity contribution is 5.99. The number of hydrogen-bond acceptors (Lipinski definition) is 4. The number of hydrogen-bond donors (Lipinski definition) is 0. The molecule has 0 saturated carbocycles. The van der Waals surface area contributed by atoms with E-state index >= 15 is 0 Å². The molecule has 0 N–H and O–H groups in total. The lowest BCUT2D eigenvalue weighted by Crippen LogP contribution is -2.60. The highest BCUT2D eigenvalue weighted by Crippen LogP contribution is 2.39. The Labute approximate surface area is 206 Å². The fraction of sp³-hybridized carbons (Fsp3) is 0.464. The normalized spacial score (nSPS) is 21.5. The van der Waals surface area contributed by atoms with Crippen molar-refractivity contribution in [3.05, 3.63) is 70.8 Å². The van der Waals surface area contributed by atoms with Crippen LogP contribution < -0.4 is 0 Å². The molecular formula is C28H33N3O4. The lowest BCUT2D eigenvalue weighted by Gasteiger charge is -2.44. The Morgan fingerprint density at radius 3 is 1.94 bits per heavy atom. The Bertz CT molecular complexity index is 1130. The van der Waals surface area contributed by atoms with Crippen molar-refractivity contribution in [3.8, 4) is 0 Å². The molecule has 3 amide bonds. The zero-order valence-corrected chi connectivity index (χ0v) is 20.5. The minimum Gasteiger partial charge on any atom is -0.353 e. The molecule has 3 heterocycles. The van der Waals surface area contributed by atoms with Crippen LogP contribution >= 0.6 is 0 Å². The second-order valence-electron chi connectivity index (χ2n) is 10.0. The number of ether oxygens (including phenoxy) is 1. The smallest absolute Gasteiger partial charge is 0.256 e. The molecule has 35 heavy (non-hydrogen) atoms. The van der Waals surface area contributed by atoms with E-state index in [4.69, 9.17) is 4.74 Å². The molecule has 0 aliphatic carbocycles. The van der Waals surface area contributed by atoms with Gasteiger partial charge in [0.25, 0.3) is 11.8 Å². The van der Waals surface area contributed by atoms with Crippen molar-refractivity contribution in [3.63, 3.8) is 0 Å². The maximum atomic E-state index is 13.9. The number of amides is 3. The van der Waals surface area contributed by atoms with E-state index in [1.165, 1.54) is 0 Å². The summed E-state index contributed by atoms with van der Waals surface area (Å²) in [4.78, 5) is 45.8. The molecule has 2 aromatic carbocycles. The van der Waals surface area contributed by atoms with Gasteiger partial charge in [-0.1, -0.05) is 35.4 Å². The first-order chi connectivity index (χ1) is 16.9. The van der Waals surface area contributed by atoms with Crippen LogP contribution in [0.15, 0.2) is 48.5 Å². The van der Waals surface area contributed by atoms with Gasteiger partial charge in [-0.3, -0.25) is 19.3 Å². The summed E-state index contributed by atoms with van der Waals surface area (Å²) in [5.74, 6) is -0.219. The first-order valence-electron chi connectivity index (χ1n) is 12.6. The average Bonchev–Trinajstić information content (AvgIpc) is 3.52. The number of nitrogens with zero attached hydrogens (tertiary/aromatic N) is 3. The molecule has 0 radical (unpaired) electrons. The standard InChI is InChI=1S/C28H33N3O4/c1-20-7-5-9-22(17-20)25(32)30-15-11-28(12-16-30)31(26(33)23-10-6-8-21(2)18-23)24(19-35-28)27(34)29-13-3-4-14-29/h5-10,17-18,24H,3-4,11-16,19H2,1-2H3/t24-/m0/s1. The van der Waals surface area contributed by atoms with Gasteiger partial charge in [0.2, 0.25) is 5.91 Å². The van der Waals surface area contributed by atoms with Crippen LogP contribution in [-0.4, -0.2) is 77.0 Å². The third-order valence-corrected chi connectivity index (χ3v) is 7.54. The van der Waals surface area contributed by atoms with Crippen molar-refractivity contribution < 1.29 is 19.1 Å². The third kappa shape index (κ3) is 4.45. The SMILES string of the molecule is Cc1cccc(C(=O)N2CCC3(CC2)OC[C@@H](C(=O)N2CCCC2)N3C(=O)c2cccc(C)c2)c1. The molecule has 1 atom stereocenters. The minimum absolute atomic E-state index is 0.0113. The third-order valence-electron chi connectivity index (χ3n) is 7.54. The molecule has 3 aliphatic rings. The predicted molar refractivity (Wildman–Crippen MR) is 132 cm³/mol. The van der Waals surface area contributed by atoms with Gasteiger partial charge in [-0.2, -0.15) is 0 Å². The van der Waals surface area contributed by atoms with Crippen LogP contribution in [0.4, 0.5) is 0 Å². The van der Waals surface area contributed by atoms with Crippen molar-refractivity contribution >= 4 is 17.7 Å². The molecular weight excluding hydrogens is 442 g/mol. The second kappa shape index (κ2) is 9.46. The van der Waals surface area contributed by atoms with E-state index in [0.29, 0.717) is 37.1 Å². The summed E-state index contributed by atoms with van der Waals surface area (Å²) in [6, 6.07) is 14.5. The molecule has 7 heteroatoms. The van der Waals surface area contributed by atoms with Gasteiger partial charge in [0, 0.05) is 50.1 Å². The van der Waals surface area contributed by atoms with Crippen LogP contribution in [0.2, 0.25) is 0 Å². The molecule has 1 spiro atoms. The van der Waals surface area contributed by atoms with Crippen molar-refractivity contribution in [2.75, 3.05) is 32.8 Å². The largest absolute Gasteiger partial charge is 0.353 e. The topological polar surface area (TPSA) is 70.2 Å². The maximum absolute atomic E-state index is 13.9. The second-order valence-corrected chi connectivity index (χ2v) is 10.0. The van der Waals surface area contributed by atoms with Gasteiger partial charge in [-0.25, -0.2) is 0 Å². The van der Waals surface area contributed by atoms with Crippen LogP contribution in [0.3, 0.4) is 0 Å². The van der Waals surface area contributed by atoms with Crippen molar-refractivity contribution in [1.82, 2.24) is 14.7 Å². The fourth-order valence-corrected chi connectivity index (χ4v) is 5.64. The highest BCUT2D eigenvalue weighted by Gasteiger charge is 2.55. The molecule has 5 rings (SSSR count).